The number of hydrogen-bond donors (Lipinski definition) is 1. The number of halogens is 1. The Morgan fingerprint density at radius 1 is 1.05 bits per heavy atom. The largest absolute Gasteiger partial charge is 0.370 e. The van der Waals surface area contributed by atoms with Gasteiger partial charge in [0.1, 0.15) is 5.82 Å². The Morgan fingerprint density at radius 2 is 1.79 bits per heavy atom. The summed E-state index contributed by atoms with van der Waals surface area (Å²) < 4.78 is 12.9. The summed E-state index contributed by atoms with van der Waals surface area (Å²) in [7, 11) is 2.03. The van der Waals surface area contributed by atoms with Crippen LogP contribution in [0.4, 0.5) is 10.1 Å². The van der Waals surface area contributed by atoms with Crippen molar-refractivity contribution in [2.24, 2.45) is 0 Å². The van der Waals surface area contributed by atoms with Gasteiger partial charge in [-0.1, -0.05) is 18.2 Å². The van der Waals surface area contributed by atoms with Crippen molar-refractivity contribution in [2.45, 2.75) is 19.6 Å². The Balaban J connectivity index is 1.75. The highest BCUT2D eigenvalue weighted by Gasteiger charge is 2.11. The van der Waals surface area contributed by atoms with Gasteiger partial charge in [-0.05, 0) is 41.0 Å². The third-order valence-corrected chi connectivity index (χ3v) is 3.59. The minimum Gasteiger partial charge on any atom is -0.370 e. The van der Waals surface area contributed by atoms with Crippen LogP contribution in [0.15, 0.2) is 42.5 Å². The number of rotatable bonds is 3. The van der Waals surface area contributed by atoms with Crippen LogP contribution in [0, 0.1) is 5.82 Å². The van der Waals surface area contributed by atoms with E-state index in [9.17, 15) is 4.39 Å². The lowest BCUT2D eigenvalue weighted by Crippen LogP contribution is -2.16. The Hall–Kier alpha value is -1.87. The standard InChI is InChI=1S/C16H17FN2/c1-19(16-6-4-15(17)5-7-16)11-12-2-3-13-9-18-10-14(13)8-12/h2-8,18H,9-11H2,1H3. The first-order valence-electron chi connectivity index (χ1n) is 6.50. The number of hydrogen-bond acceptors (Lipinski definition) is 2. The fourth-order valence-corrected chi connectivity index (χ4v) is 2.51. The molecule has 0 amide bonds. The van der Waals surface area contributed by atoms with E-state index in [-0.39, 0.29) is 5.82 Å². The van der Waals surface area contributed by atoms with Crippen LogP contribution in [0.1, 0.15) is 16.7 Å². The van der Waals surface area contributed by atoms with E-state index >= 15 is 0 Å². The van der Waals surface area contributed by atoms with Crippen LogP contribution in [-0.4, -0.2) is 7.05 Å². The lowest BCUT2D eigenvalue weighted by molar-refractivity contribution is 0.627. The van der Waals surface area contributed by atoms with Crippen molar-refractivity contribution >= 4 is 5.69 Å². The van der Waals surface area contributed by atoms with Crippen molar-refractivity contribution in [1.82, 2.24) is 5.32 Å². The summed E-state index contributed by atoms with van der Waals surface area (Å²) in [4.78, 5) is 2.13. The van der Waals surface area contributed by atoms with Crippen LogP contribution in [0.5, 0.6) is 0 Å². The molecule has 98 valence electrons. The molecule has 3 rings (SSSR count). The van der Waals surface area contributed by atoms with Crippen molar-refractivity contribution in [3.05, 3.63) is 65.0 Å². The molecule has 1 aliphatic heterocycles. The maximum atomic E-state index is 12.9. The van der Waals surface area contributed by atoms with Crippen LogP contribution < -0.4 is 10.2 Å². The van der Waals surface area contributed by atoms with E-state index in [1.807, 2.05) is 19.2 Å². The third kappa shape index (κ3) is 2.61. The van der Waals surface area contributed by atoms with Gasteiger partial charge >= 0.3 is 0 Å². The average molecular weight is 256 g/mol. The highest BCUT2D eigenvalue weighted by molar-refractivity contribution is 5.46. The van der Waals surface area contributed by atoms with Gasteiger partial charge in [0.2, 0.25) is 0 Å². The van der Waals surface area contributed by atoms with Crippen molar-refractivity contribution in [3.63, 3.8) is 0 Å². The minimum absolute atomic E-state index is 0.194. The Bertz CT molecular complexity index is 578. The second kappa shape index (κ2) is 5.02. The number of nitrogens with zero attached hydrogens (tertiary/aromatic N) is 1. The molecule has 19 heavy (non-hydrogen) atoms. The van der Waals surface area contributed by atoms with E-state index in [2.05, 4.69) is 28.4 Å². The summed E-state index contributed by atoms with van der Waals surface area (Å²) in [5.74, 6) is -0.194. The molecule has 1 N–H and O–H groups in total. The van der Waals surface area contributed by atoms with Gasteiger partial charge in [0.15, 0.2) is 0 Å². The molecule has 1 heterocycles. The second-order valence-corrected chi connectivity index (χ2v) is 5.04. The van der Waals surface area contributed by atoms with Crippen molar-refractivity contribution in [1.29, 1.82) is 0 Å². The van der Waals surface area contributed by atoms with Crippen molar-refractivity contribution < 1.29 is 4.39 Å². The van der Waals surface area contributed by atoms with Crippen LogP contribution in [0.25, 0.3) is 0 Å². The SMILES string of the molecule is CN(Cc1ccc2c(c1)CNC2)c1ccc(F)cc1. The van der Waals surface area contributed by atoms with Crippen LogP contribution in [0.3, 0.4) is 0 Å². The maximum Gasteiger partial charge on any atom is 0.123 e. The second-order valence-electron chi connectivity index (χ2n) is 5.04. The fraction of sp³-hybridized carbons (Fsp3) is 0.250. The molecule has 0 unspecified atom stereocenters. The van der Waals surface area contributed by atoms with Gasteiger partial charge in [-0.2, -0.15) is 0 Å². The predicted molar refractivity (Wildman–Crippen MR) is 75.5 cm³/mol. The molecule has 0 saturated heterocycles. The zero-order valence-corrected chi connectivity index (χ0v) is 11.0. The lowest BCUT2D eigenvalue weighted by atomic mass is 10.1. The summed E-state index contributed by atoms with van der Waals surface area (Å²) in [6.07, 6.45) is 0. The van der Waals surface area contributed by atoms with Gasteiger partial charge < -0.3 is 10.2 Å². The van der Waals surface area contributed by atoms with Crippen LogP contribution >= 0.6 is 0 Å². The highest BCUT2D eigenvalue weighted by atomic mass is 19.1. The van der Waals surface area contributed by atoms with Crippen molar-refractivity contribution in [3.8, 4) is 0 Å². The lowest BCUT2D eigenvalue weighted by Gasteiger charge is -2.19. The van der Waals surface area contributed by atoms with E-state index in [1.54, 1.807) is 0 Å². The fourth-order valence-electron chi connectivity index (χ4n) is 2.51. The van der Waals surface area contributed by atoms with Gasteiger partial charge in [0.25, 0.3) is 0 Å². The predicted octanol–water partition coefficient (Wildman–Crippen LogP) is 3.07. The number of nitrogens with one attached hydrogen (secondary N) is 1. The van der Waals surface area contributed by atoms with E-state index in [4.69, 9.17) is 0 Å². The molecule has 0 saturated carbocycles. The monoisotopic (exact) mass is 256 g/mol. The van der Waals surface area contributed by atoms with Gasteiger partial charge in [-0.3, -0.25) is 0 Å². The molecule has 0 atom stereocenters. The number of benzene rings is 2. The molecule has 3 heteroatoms. The summed E-state index contributed by atoms with van der Waals surface area (Å²) in [5.41, 5.74) is 5.10. The third-order valence-electron chi connectivity index (χ3n) is 3.59. The number of anilines is 1. The molecule has 0 aromatic heterocycles. The zero-order valence-electron chi connectivity index (χ0n) is 11.0. The first-order valence-corrected chi connectivity index (χ1v) is 6.50. The molecule has 0 radical (unpaired) electrons. The first kappa shape index (κ1) is 12.2. The van der Waals surface area contributed by atoms with Gasteiger partial charge in [0, 0.05) is 32.4 Å². The summed E-state index contributed by atoms with van der Waals surface area (Å²) in [6.45, 7) is 2.77. The molecule has 2 nitrogen and oxygen atoms in total. The van der Waals surface area contributed by atoms with E-state index in [1.165, 1.54) is 28.8 Å². The zero-order chi connectivity index (χ0) is 13.2. The molecule has 0 spiro atoms. The Kier molecular flexibility index (Phi) is 3.22. The molecule has 0 aliphatic carbocycles. The molecule has 0 bridgehead atoms. The van der Waals surface area contributed by atoms with E-state index in [0.29, 0.717) is 0 Å². The molecular weight excluding hydrogens is 239 g/mol. The molecule has 2 aromatic carbocycles. The quantitative estimate of drug-likeness (QED) is 0.908. The summed E-state index contributed by atoms with van der Waals surface area (Å²) in [6, 6.07) is 13.2. The molecule has 2 aromatic rings. The summed E-state index contributed by atoms with van der Waals surface area (Å²) in [5, 5.41) is 3.35. The highest BCUT2D eigenvalue weighted by Crippen LogP contribution is 2.20. The minimum atomic E-state index is -0.194. The number of fused-ring (bicyclic) bond motifs is 1. The molecule has 1 aliphatic rings. The molecule has 0 fully saturated rings. The van der Waals surface area contributed by atoms with Crippen LogP contribution in [0.2, 0.25) is 0 Å². The van der Waals surface area contributed by atoms with Crippen LogP contribution in [-0.2, 0) is 19.6 Å². The average Bonchev–Trinajstić information content (AvgIpc) is 2.87. The van der Waals surface area contributed by atoms with Gasteiger partial charge in [-0.25, -0.2) is 4.39 Å². The van der Waals surface area contributed by atoms with Crippen molar-refractivity contribution in [2.75, 3.05) is 11.9 Å². The Labute approximate surface area is 112 Å². The molecular formula is C16H17FN2. The summed E-state index contributed by atoms with van der Waals surface area (Å²) >= 11 is 0. The van der Waals surface area contributed by atoms with Gasteiger partial charge in [0.05, 0.1) is 0 Å². The van der Waals surface area contributed by atoms with E-state index < -0.39 is 0 Å². The topological polar surface area (TPSA) is 15.3 Å². The maximum absolute atomic E-state index is 12.9. The van der Waals surface area contributed by atoms with Gasteiger partial charge in [-0.15, -0.1) is 0 Å². The normalized spacial score (nSPS) is 13.4. The smallest absolute Gasteiger partial charge is 0.123 e. The van der Waals surface area contributed by atoms with E-state index in [0.717, 1.165) is 25.3 Å². The Morgan fingerprint density at radius 3 is 2.58 bits per heavy atom. The first-order chi connectivity index (χ1) is 9.22.